The van der Waals surface area contributed by atoms with Crippen LogP contribution in [0.4, 0.5) is 5.69 Å². The molecule has 0 heterocycles. The van der Waals surface area contributed by atoms with Gasteiger partial charge in [0.15, 0.2) is 0 Å². The summed E-state index contributed by atoms with van der Waals surface area (Å²) in [5.41, 5.74) is 2.64. The lowest BCUT2D eigenvalue weighted by molar-refractivity contribution is -0.139. The number of ether oxygens (including phenoxy) is 1. The molecule has 0 aliphatic carbocycles. The van der Waals surface area contributed by atoms with E-state index in [9.17, 15) is 18.0 Å². The number of nitrogens with zero attached hydrogens (tertiary/aromatic N) is 2. The Morgan fingerprint density at radius 3 is 2.16 bits per heavy atom. The maximum absolute atomic E-state index is 14.4. The van der Waals surface area contributed by atoms with E-state index in [1.165, 1.54) is 31.2 Å². The van der Waals surface area contributed by atoms with E-state index < -0.39 is 28.5 Å². The van der Waals surface area contributed by atoms with Crippen molar-refractivity contribution >= 4 is 43.5 Å². The second kappa shape index (κ2) is 14.3. The fourth-order valence-corrected chi connectivity index (χ4v) is 6.66. The molecule has 0 radical (unpaired) electrons. The van der Waals surface area contributed by atoms with Crippen LogP contribution >= 0.6 is 15.9 Å². The van der Waals surface area contributed by atoms with Gasteiger partial charge in [0.2, 0.25) is 11.8 Å². The Hall–Kier alpha value is -4.15. The van der Waals surface area contributed by atoms with Gasteiger partial charge in [-0.15, -0.1) is 0 Å². The molecule has 1 atom stereocenters. The van der Waals surface area contributed by atoms with E-state index in [4.69, 9.17) is 4.74 Å². The van der Waals surface area contributed by atoms with Crippen molar-refractivity contribution in [2.45, 2.75) is 30.8 Å². The van der Waals surface area contributed by atoms with Gasteiger partial charge in [0.1, 0.15) is 18.3 Å². The van der Waals surface area contributed by atoms with Gasteiger partial charge in [0.25, 0.3) is 10.0 Å². The molecule has 0 saturated heterocycles. The van der Waals surface area contributed by atoms with E-state index in [0.29, 0.717) is 5.75 Å². The summed E-state index contributed by atoms with van der Waals surface area (Å²) < 4.78 is 35.7. The maximum Gasteiger partial charge on any atom is 0.264 e. The predicted octanol–water partition coefficient (Wildman–Crippen LogP) is 5.35. The molecular weight excluding hydrogens is 630 g/mol. The smallest absolute Gasteiger partial charge is 0.264 e. The molecule has 4 rings (SSSR count). The molecule has 4 aromatic carbocycles. The quantitative estimate of drug-likeness (QED) is 0.221. The molecular formula is C33H34BrN3O5S. The summed E-state index contributed by atoms with van der Waals surface area (Å²) in [6, 6.07) is 29.0. The average Bonchev–Trinajstić information content (AvgIpc) is 3.02. The Bertz CT molecular complexity index is 1670. The highest BCUT2D eigenvalue weighted by atomic mass is 79.9. The van der Waals surface area contributed by atoms with Crippen LogP contribution in [0.1, 0.15) is 16.7 Å². The number of amides is 2. The van der Waals surface area contributed by atoms with Crippen molar-refractivity contribution in [1.29, 1.82) is 0 Å². The average molecular weight is 665 g/mol. The van der Waals surface area contributed by atoms with E-state index in [2.05, 4.69) is 21.2 Å². The van der Waals surface area contributed by atoms with Crippen molar-refractivity contribution in [3.8, 4) is 5.75 Å². The fourth-order valence-electron chi connectivity index (χ4n) is 4.78. The molecule has 1 N–H and O–H groups in total. The topological polar surface area (TPSA) is 96.0 Å². The summed E-state index contributed by atoms with van der Waals surface area (Å²) in [5, 5.41) is 2.69. The first-order valence-electron chi connectivity index (χ1n) is 13.7. The number of rotatable bonds is 12. The summed E-state index contributed by atoms with van der Waals surface area (Å²) in [6.45, 7) is 1.35. The van der Waals surface area contributed by atoms with E-state index in [-0.39, 0.29) is 29.5 Å². The van der Waals surface area contributed by atoms with Gasteiger partial charge in [-0.3, -0.25) is 13.9 Å². The number of likely N-dealkylation sites (N-methyl/N-ethyl adjacent to an activating group) is 1. The molecule has 10 heteroatoms. The van der Waals surface area contributed by atoms with Crippen molar-refractivity contribution in [1.82, 2.24) is 10.2 Å². The van der Waals surface area contributed by atoms with Crippen LogP contribution in [0.3, 0.4) is 0 Å². The number of aryl methyl sites for hydroxylation is 1. The molecule has 8 nitrogen and oxygen atoms in total. The Labute approximate surface area is 261 Å². The molecule has 0 aromatic heterocycles. The Morgan fingerprint density at radius 2 is 1.53 bits per heavy atom. The van der Waals surface area contributed by atoms with Crippen molar-refractivity contribution < 1.29 is 22.7 Å². The van der Waals surface area contributed by atoms with Crippen LogP contribution in [-0.2, 0) is 32.6 Å². The highest BCUT2D eigenvalue weighted by Crippen LogP contribution is 2.34. The van der Waals surface area contributed by atoms with Crippen molar-refractivity contribution in [3.63, 3.8) is 0 Å². The molecule has 0 saturated carbocycles. The third kappa shape index (κ3) is 7.82. The van der Waals surface area contributed by atoms with Crippen LogP contribution < -0.4 is 14.4 Å². The molecule has 43 heavy (non-hydrogen) atoms. The SMILES string of the molecule is CNC(=O)[C@@H](Cc1ccccc1)N(Cc1cccc(Br)c1)C(=O)CN(c1cc(C)ccc1OC)S(=O)(=O)c1ccccc1. The second-order valence-electron chi connectivity index (χ2n) is 9.97. The number of sulfonamides is 1. The Balaban J connectivity index is 1.83. The second-order valence-corrected chi connectivity index (χ2v) is 12.7. The number of methoxy groups -OCH3 is 1. The van der Waals surface area contributed by atoms with Crippen LogP contribution in [-0.4, -0.2) is 51.9 Å². The van der Waals surface area contributed by atoms with Crippen molar-refractivity contribution in [3.05, 3.63) is 124 Å². The molecule has 4 aromatic rings. The highest BCUT2D eigenvalue weighted by molar-refractivity contribution is 9.10. The van der Waals surface area contributed by atoms with Gasteiger partial charge in [0, 0.05) is 24.5 Å². The van der Waals surface area contributed by atoms with Gasteiger partial charge in [-0.05, 0) is 60.0 Å². The number of carbonyl (C=O) groups is 2. The molecule has 0 fully saturated rings. The van der Waals surface area contributed by atoms with Crippen LogP contribution in [0.25, 0.3) is 0 Å². The van der Waals surface area contributed by atoms with Crippen molar-refractivity contribution in [2.75, 3.05) is 25.0 Å². The van der Waals surface area contributed by atoms with Gasteiger partial charge in [-0.2, -0.15) is 0 Å². The Kier molecular flexibility index (Phi) is 10.6. The number of hydrogen-bond acceptors (Lipinski definition) is 5. The molecule has 224 valence electrons. The maximum atomic E-state index is 14.4. The number of hydrogen-bond donors (Lipinski definition) is 1. The largest absolute Gasteiger partial charge is 0.495 e. The standard InChI is InChI=1S/C33H34BrN3O5S/c1-24-17-18-31(42-3)29(19-24)37(43(40,41)28-15-8-5-9-16-28)23-32(38)36(22-26-13-10-14-27(34)20-26)30(33(39)35-2)21-25-11-6-4-7-12-25/h4-20,30H,21-23H2,1-3H3,(H,35,39)/t30-/m1/s1. The number of benzene rings is 4. The van der Waals surface area contributed by atoms with Crippen molar-refractivity contribution in [2.24, 2.45) is 0 Å². The minimum atomic E-state index is -4.22. The lowest BCUT2D eigenvalue weighted by Gasteiger charge is -2.34. The lowest BCUT2D eigenvalue weighted by Crippen LogP contribution is -2.53. The van der Waals surface area contributed by atoms with Gasteiger partial charge >= 0.3 is 0 Å². The fraction of sp³-hybridized carbons (Fsp3) is 0.212. The summed E-state index contributed by atoms with van der Waals surface area (Å²) >= 11 is 3.48. The minimum absolute atomic E-state index is 0.0250. The lowest BCUT2D eigenvalue weighted by atomic mass is 10.0. The van der Waals surface area contributed by atoms with E-state index in [1.807, 2.05) is 61.5 Å². The zero-order valence-electron chi connectivity index (χ0n) is 24.2. The van der Waals surface area contributed by atoms with Crippen LogP contribution in [0.5, 0.6) is 5.75 Å². The molecule has 2 amide bonds. The zero-order valence-corrected chi connectivity index (χ0v) is 26.6. The number of carbonyl (C=O) groups excluding carboxylic acids is 2. The molecule has 0 spiro atoms. The third-order valence-corrected chi connectivity index (χ3v) is 9.24. The summed E-state index contributed by atoms with van der Waals surface area (Å²) in [7, 11) is -1.26. The van der Waals surface area contributed by atoms with E-state index >= 15 is 0 Å². The van der Waals surface area contributed by atoms with E-state index in [0.717, 1.165) is 25.5 Å². The number of halogens is 1. The van der Waals surface area contributed by atoms with Gasteiger partial charge in [-0.25, -0.2) is 8.42 Å². The van der Waals surface area contributed by atoms with Crippen LogP contribution in [0.2, 0.25) is 0 Å². The van der Waals surface area contributed by atoms with Gasteiger partial charge < -0.3 is 15.0 Å². The third-order valence-electron chi connectivity index (χ3n) is 6.97. The molecule has 0 bridgehead atoms. The first kappa shape index (κ1) is 31.8. The van der Waals surface area contributed by atoms with Gasteiger partial charge in [-0.1, -0.05) is 82.7 Å². The summed E-state index contributed by atoms with van der Waals surface area (Å²) in [5.74, 6) is -0.617. The normalized spacial score (nSPS) is 11.8. The summed E-state index contributed by atoms with van der Waals surface area (Å²) in [4.78, 5) is 29.3. The molecule has 0 unspecified atom stereocenters. The summed E-state index contributed by atoms with van der Waals surface area (Å²) in [6.07, 6.45) is 0.236. The first-order valence-corrected chi connectivity index (χ1v) is 15.9. The van der Waals surface area contributed by atoms with Crippen LogP contribution in [0.15, 0.2) is 112 Å². The number of anilines is 1. The molecule has 0 aliphatic rings. The minimum Gasteiger partial charge on any atom is -0.495 e. The van der Waals surface area contributed by atoms with Gasteiger partial charge in [0.05, 0.1) is 17.7 Å². The first-order chi connectivity index (χ1) is 20.6. The monoisotopic (exact) mass is 663 g/mol. The Morgan fingerprint density at radius 1 is 0.884 bits per heavy atom. The molecule has 0 aliphatic heterocycles. The number of nitrogens with one attached hydrogen (secondary N) is 1. The predicted molar refractivity (Wildman–Crippen MR) is 171 cm³/mol. The zero-order chi connectivity index (χ0) is 31.0. The highest BCUT2D eigenvalue weighted by Gasteiger charge is 2.35. The van der Waals surface area contributed by atoms with E-state index in [1.54, 1.807) is 36.4 Å². The van der Waals surface area contributed by atoms with Crippen LogP contribution in [0, 0.1) is 6.92 Å².